The minimum Gasteiger partial charge on any atom is -0.494 e. The van der Waals surface area contributed by atoms with Crippen molar-refractivity contribution >= 4 is 46.0 Å². The number of anilines is 1. The molecule has 3 aromatic rings. The molecule has 0 atom stereocenters. The Bertz CT molecular complexity index is 1110. The second kappa shape index (κ2) is 8.73. The van der Waals surface area contributed by atoms with Crippen molar-refractivity contribution in [2.75, 3.05) is 11.9 Å². The number of nitrogens with zero attached hydrogens (tertiary/aromatic N) is 1. The Morgan fingerprint density at radius 2 is 1.77 bits per heavy atom. The zero-order valence-electron chi connectivity index (χ0n) is 16.2. The Balaban J connectivity index is 1.67. The van der Waals surface area contributed by atoms with Crippen molar-refractivity contribution < 1.29 is 14.3 Å². The Morgan fingerprint density at radius 3 is 2.43 bits per heavy atom. The van der Waals surface area contributed by atoms with Gasteiger partial charge < -0.3 is 10.1 Å². The molecule has 0 spiro atoms. The molecule has 0 unspecified atom stereocenters. The fourth-order valence-electron chi connectivity index (χ4n) is 3.23. The maximum absolute atomic E-state index is 13.2. The van der Waals surface area contributed by atoms with E-state index in [1.165, 1.54) is 16.2 Å². The van der Waals surface area contributed by atoms with E-state index >= 15 is 0 Å². The van der Waals surface area contributed by atoms with Gasteiger partial charge in [0.2, 0.25) is 0 Å². The van der Waals surface area contributed by atoms with Gasteiger partial charge in [0.15, 0.2) is 0 Å². The number of imide groups is 1. The highest BCUT2D eigenvalue weighted by atomic mass is 35.5. The lowest BCUT2D eigenvalue weighted by molar-refractivity contribution is -0.137. The van der Waals surface area contributed by atoms with Crippen LogP contribution in [-0.2, 0) is 16.1 Å². The van der Waals surface area contributed by atoms with Crippen LogP contribution < -0.4 is 10.1 Å². The van der Waals surface area contributed by atoms with E-state index in [9.17, 15) is 9.59 Å². The van der Waals surface area contributed by atoms with Crippen LogP contribution in [0.2, 0.25) is 5.02 Å². The molecule has 30 heavy (non-hydrogen) atoms. The Morgan fingerprint density at radius 1 is 1.00 bits per heavy atom. The van der Waals surface area contributed by atoms with Crippen LogP contribution in [-0.4, -0.2) is 23.3 Å². The average Bonchev–Trinajstić information content (AvgIpc) is 3.34. The largest absolute Gasteiger partial charge is 0.494 e. The molecule has 0 saturated carbocycles. The average molecular weight is 439 g/mol. The molecule has 5 nitrogen and oxygen atoms in total. The maximum Gasteiger partial charge on any atom is 0.278 e. The summed E-state index contributed by atoms with van der Waals surface area (Å²) in [4.78, 5) is 28.4. The fourth-order valence-corrected chi connectivity index (χ4v) is 4.19. The van der Waals surface area contributed by atoms with E-state index in [-0.39, 0.29) is 24.1 Å². The minimum atomic E-state index is -0.378. The molecule has 0 saturated heterocycles. The molecule has 0 fully saturated rings. The van der Waals surface area contributed by atoms with Crippen LogP contribution in [0.5, 0.6) is 5.75 Å². The van der Waals surface area contributed by atoms with E-state index in [0.717, 1.165) is 10.6 Å². The minimum absolute atomic E-state index is 0.112. The number of amides is 2. The lowest BCUT2D eigenvalue weighted by Gasteiger charge is -2.16. The highest BCUT2D eigenvalue weighted by Gasteiger charge is 2.39. The number of hydrogen-bond acceptors (Lipinski definition) is 5. The number of ether oxygens (including phenoxy) is 1. The van der Waals surface area contributed by atoms with Gasteiger partial charge >= 0.3 is 0 Å². The fraction of sp³-hybridized carbons (Fsp3) is 0.130. The predicted molar refractivity (Wildman–Crippen MR) is 119 cm³/mol. The quantitative estimate of drug-likeness (QED) is 0.515. The Kier molecular flexibility index (Phi) is 5.88. The molecular formula is C23H19ClN2O3S. The smallest absolute Gasteiger partial charge is 0.278 e. The van der Waals surface area contributed by atoms with Crippen molar-refractivity contribution in [3.05, 3.63) is 87.2 Å². The van der Waals surface area contributed by atoms with Gasteiger partial charge in [-0.05, 0) is 54.3 Å². The second-order valence-electron chi connectivity index (χ2n) is 6.60. The molecule has 1 aromatic heterocycles. The number of carbonyl (C=O) groups excluding carboxylic acids is 2. The van der Waals surface area contributed by atoms with Gasteiger partial charge in [-0.2, -0.15) is 0 Å². The number of thiophene rings is 1. The van der Waals surface area contributed by atoms with Gasteiger partial charge in [0.05, 0.1) is 18.7 Å². The first-order valence-electron chi connectivity index (χ1n) is 9.46. The zero-order valence-corrected chi connectivity index (χ0v) is 17.8. The summed E-state index contributed by atoms with van der Waals surface area (Å²) in [6, 6.07) is 18.2. The van der Waals surface area contributed by atoms with Gasteiger partial charge in [0.1, 0.15) is 11.4 Å². The number of halogens is 1. The Labute approximate surface area is 183 Å². The monoisotopic (exact) mass is 438 g/mol. The number of benzene rings is 2. The molecular weight excluding hydrogens is 420 g/mol. The first kappa shape index (κ1) is 20.2. The normalized spacial score (nSPS) is 13.9. The van der Waals surface area contributed by atoms with Crippen molar-refractivity contribution in [3.8, 4) is 5.75 Å². The summed E-state index contributed by atoms with van der Waals surface area (Å²) in [5.74, 6) is 0.0256. The van der Waals surface area contributed by atoms with Crippen LogP contribution in [0, 0.1) is 0 Å². The Hall–Kier alpha value is -3.09. The summed E-state index contributed by atoms with van der Waals surface area (Å²) < 4.78 is 5.46. The van der Waals surface area contributed by atoms with Crippen LogP contribution in [0.15, 0.2) is 71.7 Å². The van der Waals surface area contributed by atoms with Gasteiger partial charge in [-0.3, -0.25) is 14.5 Å². The molecule has 7 heteroatoms. The summed E-state index contributed by atoms with van der Waals surface area (Å²) in [6.45, 7) is 2.60. The van der Waals surface area contributed by atoms with Crippen LogP contribution in [0.1, 0.15) is 17.4 Å². The molecule has 152 valence electrons. The van der Waals surface area contributed by atoms with Gasteiger partial charge in [0.25, 0.3) is 11.8 Å². The van der Waals surface area contributed by atoms with E-state index in [1.54, 1.807) is 6.07 Å². The molecule has 0 radical (unpaired) electrons. The highest BCUT2D eigenvalue weighted by molar-refractivity contribution is 7.11. The number of nitrogens with one attached hydrogen (secondary N) is 1. The van der Waals surface area contributed by atoms with Gasteiger partial charge in [0, 0.05) is 15.6 Å². The van der Waals surface area contributed by atoms with Gasteiger partial charge in [-0.15, -0.1) is 11.3 Å². The van der Waals surface area contributed by atoms with Crippen molar-refractivity contribution in [1.82, 2.24) is 4.90 Å². The first-order valence-corrected chi connectivity index (χ1v) is 10.7. The van der Waals surface area contributed by atoms with Crippen LogP contribution in [0.3, 0.4) is 0 Å². The predicted octanol–water partition coefficient (Wildman–Crippen LogP) is 5.19. The number of rotatable bonds is 7. The van der Waals surface area contributed by atoms with Crippen molar-refractivity contribution in [2.24, 2.45) is 0 Å². The first-order chi connectivity index (χ1) is 14.6. The molecule has 2 amide bonds. The van der Waals surface area contributed by atoms with Crippen LogP contribution in [0.4, 0.5) is 5.69 Å². The second-order valence-corrected chi connectivity index (χ2v) is 7.95. The van der Waals surface area contributed by atoms with E-state index < -0.39 is 0 Å². The van der Waals surface area contributed by atoms with E-state index in [4.69, 9.17) is 16.3 Å². The molecule has 0 bridgehead atoms. The van der Waals surface area contributed by atoms with Crippen molar-refractivity contribution in [3.63, 3.8) is 0 Å². The molecule has 4 rings (SSSR count). The van der Waals surface area contributed by atoms with Crippen LogP contribution in [0.25, 0.3) is 5.57 Å². The molecule has 1 N–H and O–H groups in total. The third-order valence-electron chi connectivity index (χ3n) is 4.66. The van der Waals surface area contributed by atoms with E-state index in [1.807, 2.05) is 66.9 Å². The molecule has 2 heterocycles. The topological polar surface area (TPSA) is 58.6 Å². The third kappa shape index (κ3) is 3.97. The lowest BCUT2D eigenvalue weighted by Crippen LogP contribution is -2.32. The maximum atomic E-state index is 13.2. The zero-order chi connectivity index (χ0) is 21.1. The lowest BCUT2D eigenvalue weighted by atomic mass is 10.1. The summed E-state index contributed by atoms with van der Waals surface area (Å²) in [5.41, 5.74) is 2.05. The SMILES string of the molecule is CCOc1ccc(NC2=C(c3cccs3)C(=O)N(Cc3ccccc3Cl)C2=O)cc1. The highest BCUT2D eigenvalue weighted by Crippen LogP contribution is 2.34. The summed E-state index contributed by atoms with van der Waals surface area (Å²) >= 11 is 7.67. The van der Waals surface area contributed by atoms with E-state index in [2.05, 4.69) is 5.32 Å². The molecule has 0 aliphatic carbocycles. The number of carbonyl (C=O) groups is 2. The third-order valence-corrected chi connectivity index (χ3v) is 5.91. The van der Waals surface area contributed by atoms with E-state index in [0.29, 0.717) is 28.5 Å². The summed E-state index contributed by atoms with van der Waals surface area (Å²) in [6.07, 6.45) is 0. The summed E-state index contributed by atoms with van der Waals surface area (Å²) in [7, 11) is 0. The molecule has 1 aliphatic heterocycles. The van der Waals surface area contributed by atoms with Crippen molar-refractivity contribution in [2.45, 2.75) is 13.5 Å². The summed E-state index contributed by atoms with van der Waals surface area (Å²) in [5, 5.41) is 5.54. The number of hydrogen-bond donors (Lipinski definition) is 1. The van der Waals surface area contributed by atoms with Gasteiger partial charge in [-0.25, -0.2) is 0 Å². The van der Waals surface area contributed by atoms with Crippen molar-refractivity contribution in [1.29, 1.82) is 0 Å². The molecule has 1 aliphatic rings. The standard InChI is InChI=1S/C23H19ClN2O3S/c1-2-29-17-11-9-16(10-12-17)25-21-20(19-8-5-13-30-19)22(27)26(23(21)28)14-15-6-3-4-7-18(15)24/h3-13,25H,2,14H2,1H3. The molecule has 2 aromatic carbocycles. The van der Waals surface area contributed by atoms with Gasteiger partial charge in [-0.1, -0.05) is 35.9 Å². The van der Waals surface area contributed by atoms with Crippen LogP contribution >= 0.6 is 22.9 Å².